The summed E-state index contributed by atoms with van der Waals surface area (Å²) in [6.45, 7) is 3.85. The zero-order valence-corrected chi connectivity index (χ0v) is 13.4. The maximum atomic E-state index is 12.8. The van der Waals surface area contributed by atoms with Crippen molar-refractivity contribution in [3.63, 3.8) is 0 Å². The van der Waals surface area contributed by atoms with Crippen LogP contribution in [0.1, 0.15) is 36.7 Å². The molecule has 2 aromatic rings. The Morgan fingerprint density at radius 1 is 1.59 bits per heavy atom. The molecule has 4 rings (SSSR count). The number of nitrogens with zero attached hydrogens (tertiary/aromatic N) is 2. The van der Waals surface area contributed by atoms with Crippen molar-refractivity contribution in [1.82, 2.24) is 20.4 Å². The number of hydrogen-bond acceptors (Lipinski definition) is 4. The molecular formula is C16H20N4OS. The number of amides is 1. The summed E-state index contributed by atoms with van der Waals surface area (Å²) < 4.78 is 0. The van der Waals surface area contributed by atoms with Crippen LogP contribution < -0.4 is 5.32 Å². The Bertz CT molecular complexity index is 676. The van der Waals surface area contributed by atoms with Crippen LogP contribution in [0.25, 0.3) is 10.6 Å². The molecule has 2 fully saturated rings. The molecule has 0 bridgehead atoms. The number of thiophene rings is 1. The van der Waals surface area contributed by atoms with E-state index in [2.05, 4.69) is 22.4 Å². The van der Waals surface area contributed by atoms with Crippen molar-refractivity contribution in [2.75, 3.05) is 13.1 Å². The zero-order valence-electron chi connectivity index (χ0n) is 12.6. The lowest BCUT2D eigenvalue weighted by atomic mass is 9.67. The molecule has 0 radical (unpaired) electrons. The molecule has 2 unspecified atom stereocenters. The first-order valence-corrected chi connectivity index (χ1v) is 8.77. The Morgan fingerprint density at radius 3 is 3.18 bits per heavy atom. The van der Waals surface area contributed by atoms with E-state index in [1.807, 2.05) is 28.5 Å². The van der Waals surface area contributed by atoms with Gasteiger partial charge in [-0.1, -0.05) is 13.0 Å². The first-order valence-electron chi connectivity index (χ1n) is 7.89. The number of aromatic amines is 1. The number of carbonyl (C=O) groups is 1. The Kier molecular flexibility index (Phi) is 3.31. The predicted octanol–water partition coefficient (Wildman–Crippen LogP) is 2.49. The van der Waals surface area contributed by atoms with Gasteiger partial charge in [0.15, 0.2) is 5.69 Å². The highest BCUT2D eigenvalue weighted by Crippen LogP contribution is 2.41. The molecule has 5 nitrogen and oxygen atoms in total. The lowest BCUT2D eigenvalue weighted by molar-refractivity contribution is -0.0134. The Morgan fingerprint density at radius 2 is 2.50 bits per heavy atom. The minimum absolute atomic E-state index is 0.0584. The molecule has 22 heavy (non-hydrogen) atoms. The quantitative estimate of drug-likeness (QED) is 0.914. The summed E-state index contributed by atoms with van der Waals surface area (Å²) in [6.07, 6.45) is 3.33. The highest BCUT2D eigenvalue weighted by molar-refractivity contribution is 7.13. The number of piperazine rings is 1. The fourth-order valence-electron chi connectivity index (χ4n) is 3.78. The third-order valence-corrected chi connectivity index (χ3v) is 6.09. The molecule has 1 aliphatic heterocycles. The van der Waals surface area contributed by atoms with E-state index in [1.165, 1.54) is 6.42 Å². The van der Waals surface area contributed by atoms with Crippen LogP contribution >= 0.6 is 11.3 Å². The number of nitrogens with one attached hydrogen (secondary N) is 2. The van der Waals surface area contributed by atoms with Crippen molar-refractivity contribution in [2.24, 2.45) is 0 Å². The van der Waals surface area contributed by atoms with E-state index in [9.17, 15) is 4.79 Å². The van der Waals surface area contributed by atoms with Crippen molar-refractivity contribution in [2.45, 2.75) is 37.8 Å². The Balaban J connectivity index is 1.57. The van der Waals surface area contributed by atoms with Crippen LogP contribution in [-0.2, 0) is 0 Å². The van der Waals surface area contributed by atoms with Crippen LogP contribution in [0.5, 0.6) is 0 Å². The average molecular weight is 316 g/mol. The first kappa shape index (κ1) is 14.0. The van der Waals surface area contributed by atoms with E-state index in [0.29, 0.717) is 11.7 Å². The van der Waals surface area contributed by atoms with Crippen LogP contribution in [0.15, 0.2) is 23.6 Å². The molecule has 0 aromatic carbocycles. The lowest BCUT2D eigenvalue weighted by Gasteiger charge is -2.57. The summed E-state index contributed by atoms with van der Waals surface area (Å²) >= 11 is 1.65. The summed E-state index contributed by atoms with van der Waals surface area (Å²) in [5.41, 5.74) is 1.59. The molecule has 0 spiro atoms. The van der Waals surface area contributed by atoms with Crippen molar-refractivity contribution in [3.8, 4) is 10.6 Å². The van der Waals surface area contributed by atoms with Gasteiger partial charge in [-0.15, -0.1) is 11.3 Å². The van der Waals surface area contributed by atoms with Gasteiger partial charge in [-0.3, -0.25) is 9.89 Å². The number of rotatable bonds is 3. The number of aromatic nitrogens is 2. The zero-order chi connectivity index (χ0) is 15.2. The third-order valence-electron chi connectivity index (χ3n) is 5.18. The van der Waals surface area contributed by atoms with Gasteiger partial charge in [0.2, 0.25) is 0 Å². The SMILES string of the molecule is CCC12CCC1N(C(=O)c1cc(-c3cccs3)[nH]n1)CCN2. The summed E-state index contributed by atoms with van der Waals surface area (Å²) in [5, 5.41) is 12.9. The fraction of sp³-hybridized carbons (Fsp3) is 0.500. The number of carbonyl (C=O) groups excluding carboxylic acids is 1. The maximum Gasteiger partial charge on any atom is 0.274 e. The molecule has 1 saturated carbocycles. The van der Waals surface area contributed by atoms with Gasteiger partial charge in [0.05, 0.1) is 16.6 Å². The molecule has 2 aliphatic rings. The van der Waals surface area contributed by atoms with E-state index in [1.54, 1.807) is 11.3 Å². The highest BCUT2D eigenvalue weighted by Gasteiger charge is 2.51. The smallest absolute Gasteiger partial charge is 0.274 e. The summed E-state index contributed by atoms with van der Waals surface area (Å²) in [5.74, 6) is 0.0584. The van der Waals surface area contributed by atoms with Crippen molar-refractivity contribution < 1.29 is 4.79 Å². The van der Waals surface area contributed by atoms with Gasteiger partial charge in [0.1, 0.15) is 0 Å². The van der Waals surface area contributed by atoms with Crippen LogP contribution in [0, 0.1) is 0 Å². The number of H-pyrrole nitrogens is 1. The molecule has 1 saturated heterocycles. The largest absolute Gasteiger partial charge is 0.331 e. The molecule has 116 valence electrons. The van der Waals surface area contributed by atoms with E-state index in [0.717, 1.165) is 36.5 Å². The first-order chi connectivity index (χ1) is 10.7. The van der Waals surface area contributed by atoms with E-state index in [4.69, 9.17) is 0 Å². The lowest BCUT2D eigenvalue weighted by Crippen LogP contribution is -2.73. The van der Waals surface area contributed by atoms with Gasteiger partial charge in [-0.25, -0.2) is 0 Å². The van der Waals surface area contributed by atoms with Gasteiger partial charge < -0.3 is 10.2 Å². The van der Waals surface area contributed by atoms with Gasteiger partial charge in [-0.2, -0.15) is 5.10 Å². The summed E-state index contributed by atoms with van der Waals surface area (Å²) in [6, 6.07) is 6.23. The molecule has 6 heteroatoms. The summed E-state index contributed by atoms with van der Waals surface area (Å²) in [7, 11) is 0. The van der Waals surface area contributed by atoms with E-state index in [-0.39, 0.29) is 11.4 Å². The minimum Gasteiger partial charge on any atom is -0.331 e. The minimum atomic E-state index is 0.0584. The molecule has 1 aliphatic carbocycles. The topological polar surface area (TPSA) is 61.0 Å². The Labute approximate surface area is 133 Å². The predicted molar refractivity (Wildman–Crippen MR) is 87.0 cm³/mol. The third kappa shape index (κ3) is 2.01. The molecule has 1 amide bonds. The number of fused-ring (bicyclic) bond motifs is 1. The van der Waals surface area contributed by atoms with Gasteiger partial charge in [0.25, 0.3) is 5.91 Å². The fourth-order valence-corrected chi connectivity index (χ4v) is 4.47. The van der Waals surface area contributed by atoms with Gasteiger partial charge in [-0.05, 0) is 36.8 Å². The molecular weight excluding hydrogens is 296 g/mol. The monoisotopic (exact) mass is 316 g/mol. The van der Waals surface area contributed by atoms with Crippen LogP contribution in [0.4, 0.5) is 0 Å². The maximum absolute atomic E-state index is 12.8. The van der Waals surface area contributed by atoms with E-state index < -0.39 is 0 Å². The second kappa shape index (κ2) is 5.21. The normalized spacial score (nSPS) is 27.3. The molecule has 2 N–H and O–H groups in total. The summed E-state index contributed by atoms with van der Waals surface area (Å²) in [4.78, 5) is 16.0. The highest BCUT2D eigenvalue weighted by atomic mass is 32.1. The van der Waals surface area contributed by atoms with Crippen molar-refractivity contribution >= 4 is 17.2 Å². The number of hydrogen-bond donors (Lipinski definition) is 2. The average Bonchev–Trinajstić information content (AvgIpc) is 3.18. The van der Waals surface area contributed by atoms with Crippen LogP contribution in [0.3, 0.4) is 0 Å². The second-order valence-electron chi connectivity index (χ2n) is 6.13. The van der Waals surface area contributed by atoms with Crippen LogP contribution in [-0.4, -0.2) is 45.7 Å². The Hall–Kier alpha value is -1.66. The standard InChI is InChI=1S/C16H20N4OS/c1-2-16-6-5-14(16)20(8-7-17-16)15(21)12-10-11(18-19-12)13-4-3-9-22-13/h3-4,9-10,14,17H,2,5-8H2,1H3,(H,18,19). The van der Waals surface area contributed by atoms with Crippen molar-refractivity contribution in [1.29, 1.82) is 0 Å². The molecule has 3 heterocycles. The van der Waals surface area contributed by atoms with E-state index >= 15 is 0 Å². The van der Waals surface area contributed by atoms with Crippen LogP contribution in [0.2, 0.25) is 0 Å². The second-order valence-corrected chi connectivity index (χ2v) is 7.08. The molecule has 2 aromatic heterocycles. The van der Waals surface area contributed by atoms with Gasteiger partial charge in [0, 0.05) is 18.6 Å². The molecule has 2 atom stereocenters. The van der Waals surface area contributed by atoms with Gasteiger partial charge >= 0.3 is 0 Å². The van der Waals surface area contributed by atoms with Crippen molar-refractivity contribution in [3.05, 3.63) is 29.3 Å².